The van der Waals surface area contributed by atoms with Crippen LogP contribution in [-0.2, 0) is 6.42 Å². The second-order valence-corrected chi connectivity index (χ2v) is 7.22. The molecular formula is C9H10N2S4. The molecule has 0 spiro atoms. The minimum absolute atomic E-state index is 1.01. The first-order chi connectivity index (χ1) is 7.28. The summed E-state index contributed by atoms with van der Waals surface area (Å²) in [7, 11) is 3.39. The van der Waals surface area contributed by atoms with E-state index in [0.29, 0.717) is 0 Å². The number of hydrogen-bond acceptors (Lipinski definition) is 6. The standard InChI is InChI=1S/C9H10N2S4/c1-3-7-5-13-9(11-7)15-14-8-10-6(2)4-12-8/h4-5H,3H2,1-2H3. The van der Waals surface area contributed by atoms with Crippen LogP contribution in [0.5, 0.6) is 0 Å². The fourth-order valence-electron chi connectivity index (χ4n) is 0.931. The van der Waals surface area contributed by atoms with E-state index in [1.54, 1.807) is 44.3 Å². The highest BCUT2D eigenvalue weighted by atomic mass is 33.1. The lowest BCUT2D eigenvalue weighted by Crippen LogP contribution is -1.76. The van der Waals surface area contributed by atoms with Gasteiger partial charge in [0.2, 0.25) is 0 Å². The van der Waals surface area contributed by atoms with Crippen LogP contribution < -0.4 is 0 Å². The molecule has 0 saturated carbocycles. The fourth-order valence-corrected chi connectivity index (χ4v) is 5.13. The molecular weight excluding hydrogens is 264 g/mol. The number of nitrogens with zero attached hydrogens (tertiary/aromatic N) is 2. The van der Waals surface area contributed by atoms with Crippen molar-refractivity contribution in [1.29, 1.82) is 0 Å². The van der Waals surface area contributed by atoms with Gasteiger partial charge in [-0.25, -0.2) is 9.97 Å². The van der Waals surface area contributed by atoms with E-state index in [-0.39, 0.29) is 0 Å². The summed E-state index contributed by atoms with van der Waals surface area (Å²) < 4.78 is 2.22. The van der Waals surface area contributed by atoms with Crippen molar-refractivity contribution in [3.05, 3.63) is 22.1 Å². The Balaban J connectivity index is 1.93. The maximum atomic E-state index is 4.49. The number of aromatic nitrogens is 2. The lowest BCUT2D eigenvalue weighted by Gasteiger charge is -1.91. The van der Waals surface area contributed by atoms with Gasteiger partial charge in [-0.3, -0.25) is 0 Å². The molecule has 0 saturated heterocycles. The van der Waals surface area contributed by atoms with Gasteiger partial charge in [0, 0.05) is 16.5 Å². The lowest BCUT2D eigenvalue weighted by molar-refractivity contribution is 1.03. The van der Waals surface area contributed by atoms with Crippen LogP contribution in [0.3, 0.4) is 0 Å². The van der Waals surface area contributed by atoms with Crippen LogP contribution in [0.15, 0.2) is 19.4 Å². The minimum Gasteiger partial charge on any atom is -0.234 e. The Morgan fingerprint density at radius 2 is 1.80 bits per heavy atom. The summed E-state index contributed by atoms with van der Waals surface area (Å²) in [5, 5.41) is 4.19. The molecule has 2 heterocycles. The Hall–Kier alpha value is -0.0400. The van der Waals surface area contributed by atoms with Crippen LogP contribution in [0.4, 0.5) is 0 Å². The Bertz CT molecular complexity index is 435. The molecule has 0 aliphatic carbocycles. The van der Waals surface area contributed by atoms with E-state index in [1.807, 2.05) is 6.92 Å². The molecule has 15 heavy (non-hydrogen) atoms. The van der Waals surface area contributed by atoms with Crippen LogP contribution in [0.25, 0.3) is 0 Å². The summed E-state index contributed by atoms with van der Waals surface area (Å²) in [6, 6.07) is 0. The molecule has 0 fully saturated rings. The van der Waals surface area contributed by atoms with E-state index in [9.17, 15) is 0 Å². The molecule has 80 valence electrons. The highest BCUT2D eigenvalue weighted by Gasteiger charge is 2.05. The Morgan fingerprint density at radius 3 is 2.33 bits per heavy atom. The van der Waals surface area contributed by atoms with E-state index in [2.05, 4.69) is 27.7 Å². The van der Waals surface area contributed by atoms with Gasteiger partial charge in [0.15, 0.2) is 8.68 Å². The third-order valence-electron chi connectivity index (χ3n) is 1.68. The maximum Gasteiger partial charge on any atom is 0.161 e. The zero-order valence-electron chi connectivity index (χ0n) is 8.39. The van der Waals surface area contributed by atoms with Gasteiger partial charge in [-0.2, -0.15) is 0 Å². The van der Waals surface area contributed by atoms with E-state index >= 15 is 0 Å². The van der Waals surface area contributed by atoms with Crippen molar-refractivity contribution in [2.24, 2.45) is 0 Å². The van der Waals surface area contributed by atoms with Crippen molar-refractivity contribution in [3.8, 4) is 0 Å². The summed E-state index contributed by atoms with van der Waals surface area (Å²) in [5.74, 6) is 0. The van der Waals surface area contributed by atoms with Crippen molar-refractivity contribution in [2.45, 2.75) is 28.9 Å². The largest absolute Gasteiger partial charge is 0.234 e. The highest BCUT2D eigenvalue weighted by molar-refractivity contribution is 8.77. The summed E-state index contributed by atoms with van der Waals surface area (Å²) in [4.78, 5) is 8.88. The Labute approximate surface area is 105 Å². The molecule has 2 aromatic heterocycles. The summed E-state index contributed by atoms with van der Waals surface area (Å²) in [6.07, 6.45) is 1.01. The van der Waals surface area contributed by atoms with Crippen molar-refractivity contribution in [2.75, 3.05) is 0 Å². The third kappa shape index (κ3) is 3.21. The number of rotatable bonds is 4. The fraction of sp³-hybridized carbons (Fsp3) is 0.333. The molecule has 0 bridgehead atoms. The van der Waals surface area contributed by atoms with Crippen molar-refractivity contribution in [3.63, 3.8) is 0 Å². The lowest BCUT2D eigenvalue weighted by atomic mass is 10.4. The summed E-state index contributed by atoms with van der Waals surface area (Å²) in [6.45, 7) is 4.14. The predicted molar refractivity (Wildman–Crippen MR) is 70.1 cm³/mol. The van der Waals surface area contributed by atoms with Gasteiger partial charge in [0.1, 0.15) is 0 Å². The second kappa shape index (κ2) is 5.34. The normalized spacial score (nSPS) is 10.8. The van der Waals surface area contributed by atoms with E-state index < -0.39 is 0 Å². The zero-order chi connectivity index (χ0) is 10.7. The molecule has 0 N–H and O–H groups in total. The first-order valence-corrected chi connectivity index (χ1v) is 8.40. The van der Waals surface area contributed by atoms with Crippen molar-refractivity contribution < 1.29 is 0 Å². The van der Waals surface area contributed by atoms with Gasteiger partial charge in [0.25, 0.3) is 0 Å². The quantitative estimate of drug-likeness (QED) is 0.778. The average molecular weight is 274 g/mol. The van der Waals surface area contributed by atoms with E-state index in [1.165, 1.54) is 5.69 Å². The third-order valence-corrected chi connectivity index (χ3v) is 6.57. The van der Waals surface area contributed by atoms with Crippen LogP contribution in [0.2, 0.25) is 0 Å². The van der Waals surface area contributed by atoms with Crippen molar-refractivity contribution >= 4 is 44.3 Å². The van der Waals surface area contributed by atoms with Crippen LogP contribution in [0.1, 0.15) is 18.3 Å². The van der Waals surface area contributed by atoms with E-state index in [4.69, 9.17) is 0 Å². The SMILES string of the molecule is CCc1csc(SSc2nc(C)cs2)n1. The molecule has 2 nitrogen and oxygen atoms in total. The van der Waals surface area contributed by atoms with Gasteiger partial charge in [-0.1, -0.05) is 6.92 Å². The predicted octanol–water partition coefficient (Wildman–Crippen LogP) is 4.27. The summed E-state index contributed by atoms with van der Waals surface area (Å²) >= 11 is 3.40. The minimum atomic E-state index is 1.01. The monoisotopic (exact) mass is 274 g/mol. The number of hydrogen-bond donors (Lipinski definition) is 0. The summed E-state index contributed by atoms with van der Waals surface area (Å²) in [5.41, 5.74) is 2.27. The number of aryl methyl sites for hydroxylation is 2. The first kappa shape index (κ1) is 11.4. The average Bonchev–Trinajstić information content (AvgIpc) is 2.83. The topological polar surface area (TPSA) is 25.8 Å². The van der Waals surface area contributed by atoms with Gasteiger partial charge < -0.3 is 0 Å². The van der Waals surface area contributed by atoms with Gasteiger partial charge in [0.05, 0.1) is 5.69 Å². The molecule has 0 amide bonds. The molecule has 0 aromatic carbocycles. The molecule has 0 atom stereocenters. The van der Waals surface area contributed by atoms with Gasteiger partial charge in [-0.15, -0.1) is 22.7 Å². The van der Waals surface area contributed by atoms with Gasteiger partial charge in [-0.05, 0) is 34.9 Å². The van der Waals surface area contributed by atoms with Crippen molar-refractivity contribution in [1.82, 2.24) is 9.97 Å². The Morgan fingerprint density at radius 1 is 1.13 bits per heavy atom. The smallest absolute Gasteiger partial charge is 0.161 e. The molecule has 0 aliphatic rings. The second-order valence-electron chi connectivity index (χ2n) is 2.88. The first-order valence-electron chi connectivity index (χ1n) is 4.49. The van der Waals surface area contributed by atoms with Crippen LogP contribution in [0, 0.1) is 6.92 Å². The molecule has 2 rings (SSSR count). The Kier molecular flexibility index (Phi) is 4.07. The molecule has 0 aliphatic heterocycles. The zero-order valence-corrected chi connectivity index (χ0v) is 11.7. The molecule has 6 heteroatoms. The highest BCUT2D eigenvalue weighted by Crippen LogP contribution is 2.39. The van der Waals surface area contributed by atoms with Crippen LogP contribution in [-0.4, -0.2) is 9.97 Å². The van der Waals surface area contributed by atoms with E-state index in [0.717, 1.165) is 20.8 Å². The number of thiazole rings is 2. The molecule has 0 radical (unpaired) electrons. The van der Waals surface area contributed by atoms with Gasteiger partial charge >= 0.3 is 0 Å². The van der Waals surface area contributed by atoms with Crippen LogP contribution >= 0.6 is 44.3 Å². The molecule has 2 aromatic rings. The molecule has 0 unspecified atom stereocenters. The maximum absolute atomic E-state index is 4.49.